The van der Waals surface area contributed by atoms with Gasteiger partial charge in [0, 0.05) is 44.1 Å². The van der Waals surface area contributed by atoms with Crippen molar-refractivity contribution in [2.45, 2.75) is 0 Å². The van der Waals surface area contributed by atoms with Crippen LogP contribution < -0.4 is 0 Å². The molecule has 12 aromatic rings. The smallest absolute Gasteiger partial charge is 0.227 e. The van der Waals surface area contributed by atoms with E-state index in [0.29, 0.717) is 23.4 Å². The zero-order chi connectivity index (χ0) is 37.5. The number of hydrogen-bond acceptors (Lipinski definition) is 6. The number of oxazole rings is 1. The fourth-order valence-electron chi connectivity index (χ4n) is 8.21. The number of furan rings is 1. The standard InChI is InChI=1S/C50H29N5O2/c1-4-12-31(13-5-1)47-52-48(54-49(53-47)34-22-24-37-36-18-10-11-19-42(36)56-43(37)29-34)33-21-20-30-23-26-40-44(38(30)28-33)45-41(55(40)35-16-8-3-9-17-35)27-25-39-46(45)57-50(51-39)32-14-6-2-7-15-32/h1-29H. The van der Waals surface area contributed by atoms with E-state index >= 15 is 0 Å². The highest BCUT2D eigenvalue weighted by atomic mass is 16.3. The zero-order valence-electron chi connectivity index (χ0n) is 30.3. The molecule has 0 amide bonds. The van der Waals surface area contributed by atoms with Crippen molar-refractivity contribution in [3.63, 3.8) is 0 Å². The number of rotatable bonds is 5. The molecular weight excluding hydrogens is 703 g/mol. The Morgan fingerprint density at radius 2 is 0.982 bits per heavy atom. The summed E-state index contributed by atoms with van der Waals surface area (Å²) in [6.07, 6.45) is 0. The van der Waals surface area contributed by atoms with E-state index in [1.807, 2.05) is 91.0 Å². The molecule has 12 rings (SSSR count). The molecule has 0 spiro atoms. The molecular formula is C50H29N5O2. The topological polar surface area (TPSA) is 82.8 Å². The quantitative estimate of drug-likeness (QED) is 0.175. The van der Waals surface area contributed by atoms with Crippen LogP contribution in [0.3, 0.4) is 0 Å². The summed E-state index contributed by atoms with van der Waals surface area (Å²) in [6.45, 7) is 0. The SMILES string of the molecule is c1ccc(-c2nc(-c3ccc4c(c3)oc3ccccc34)nc(-c3ccc4ccc5c(c4c3)c3c4oc(-c6ccccc6)nc4ccc3n5-c3ccccc3)n2)cc1. The van der Waals surface area contributed by atoms with Gasteiger partial charge in [0.1, 0.15) is 16.7 Å². The molecule has 0 atom stereocenters. The Hall–Kier alpha value is -7.90. The number of benzene rings is 8. The van der Waals surface area contributed by atoms with E-state index in [1.165, 1.54) is 0 Å². The normalized spacial score (nSPS) is 11.9. The van der Waals surface area contributed by atoms with E-state index in [1.54, 1.807) is 0 Å². The third-order valence-corrected chi connectivity index (χ3v) is 10.9. The monoisotopic (exact) mass is 731 g/mol. The molecule has 0 saturated carbocycles. The second kappa shape index (κ2) is 12.3. The largest absolute Gasteiger partial charge is 0.456 e. The molecule has 0 radical (unpaired) electrons. The highest BCUT2D eigenvalue weighted by Gasteiger charge is 2.22. The van der Waals surface area contributed by atoms with Gasteiger partial charge in [-0.15, -0.1) is 0 Å². The van der Waals surface area contributed by atoms with Crippen LogP contribution in [0.5, 0.6) is 0 Å². The molecule has 8 aromatic carbocycles. The summed E-state index contributed by atoms with van der Waals surface area (Å²) in [4.78, 5) is 20.2. The highest BCUT2D eigenvalue weighted by Crippen LogP contribution is 2.42. The third kappa shape index (κ3) is 4.99. The van der Waals surface area contributed by atoms with Gasteiger partial charge in [0.05, 0.1) is 16.4 Å². The minimum Gasteiger partial charge on any atom is -0.456 e. The first-order chi connectivity index (χ1) is 28.2. The fourth-order valence-corrected chi connectivity index (χ4v) is 8.21. The Morgan fingerprint density at radius 3 is 1.77 bits per heavy atom. The van der Waals surface area contributed by atoms with Crippen LogP contribution in [-0.2, 0) is 0 Å². The van der Waals surface area contributed by atoms with E-state index in [0.717, 1.165) is 93.6 Å². The van der Waals surface area contributed by atoms with Crippen molar-refractivity contribution >= 4 is 65.6 Å². The molecule has 57 heavy (non-hydrogen) atoms. The van der Waals surface area contributed by atoms with Gasteiger partial charge in [0.25, 0.3) is 0 Å². The zero-order valence-corrected chi connectivity index (χ0v) is 30.3. The molecule has 0 N–H and O–H groups in total. The predicted octanol–water partition coefficient (Wildman–Crippen LogP) is 12.8. The number of hydrogen-bond donors (Lipinski definition) is 0. The Bertz CT molecular complexity index is 3510. The van der Waals surface area contributed by atoms with E-state index in [2.05, 4.69) is 89.5 Å². The Kier molecular flexibility index (Phi) is 6.79. The molecule has 0 aliphatic heterocycles. The molecule has 266 valence electrons. The van der Waals surface area contributed by atoms with Gasteiger partial charge in [-0.1, -0.05) is 109 Å². The summed E-state index contributed by atoms with van der Waals surface area (Å²) in [5.74, 6) is 2.32. The molecule has 0 unspecified atom stereocenters. The van der Waals surface area contributed by atoms with Gasteiger partial charge in [-0.3, -0.25) is 0 Å². The summed E-state index contributed by atoms with van der Waals surface area (Å²) in [6, 6.07) is 59.9. The molecule has 7 nitrogen and oxygen atoms in total. The minimum atomic E-state index is 0.567. The Balaban J connectivity index is 1.11. The van der Waals surface area contributed by atoms with Gasteiger partial charge in [-0.05, 0) is 77.5 Å². The molecule has 0 bridgehead atoms. The first kappa shape index (κ1) is 31.5. The van der Waals surface area contributed by atoms with Crippen molar-refractivity contribution in [1.82, 2.24) is 24.5 Å². The molecule has 0 fully saturated rings. The van der Waals surface area contributed by atoms with Crippen molar-refractivity contribution < 1.29 is 8.83 Å². The highest BCUT2D eigenvalue weighted by molar-refractivity contribution is 6.27. The molecule has 4 aromatic heterocycles. The first-order valence-corrected chi connectivity index (χ1v) is 18.9. The van der Waals surface area contributed by atoms with Gasteiger partial charge in [0.15, 0.2) is 23.1 Å². The number of nitrogens with zero attached hydrogens (tertiary/aromatic N) is 5. The molecule has 0 saturated heterocycles. The van der Waals surface area contributed by atoms with Crippen LogP contribution in [0.4, 0.5) is 0 Å². The van der Waals surface area contributed by atoms with Crippen LogP contribution >= 0.6 is 0 Å². The lowest BCUT2D eigenvalue weighted by Crippen LogP contribution is -2.00. The number of fused-ring (bicyclic) bond motifs is 10. The Labute approximate surface area is 325 Å². The van der Waals surface area contributed by atoms with E-state index in [9.17, 15) is 0 Å². The minimum absolute atomic E-state index is 0.567. The summed E-state index contributed by atoms with van der Waals surface area (Å²) in [5, 5.41) is 6.35. The third-order valence-electron chi connectivity index (χ3n) is 10.9. The maximum atomic E-state index is 6.70. The van der Waals surface area contributed by atoms with Crippen molar-refractivity contribution in [3.05, 3.63) is 176 Å². The van der Waals surface area contributed by atoms with E-state index in [-0.39, 0.29) is 0 Å². The van der Waals surface area contributed by atoms with Crippen LogP contribution in [0.15, 0.2) is 185 Å². The lowest BCUT2D eigenvalue weighted by Gasteiger charge is -2.10. The molecule has 0 aliphatic carbocycles. The van der Waals surface area contributed by atoms with Crippen LogP contribution in [-0.4, -0.2) is 24.5 Å². The molecule has 0 aliphatic rings. The van der Waals surface area contributed by atoms with Gasteiger partial charge in [-0.2, -0.15) is 0 Å². The lowest BCUT2D eigenvalue weighted by molar-refractivity contribution is 0.623. The van der Waals surface area contributed by atoms with Crippen LogP contribution in [0.1, 0.15) is 0 Å². The van der Waals surface area contributed by atoms with E-state index in [4.69, 9.17) is 28.8 Å². The predicted molar refractivity (Wildman–Crippen MR) is 228 cm³/mol. The van der Waals surface area contributed by atoms with E-state index < -0.39 is 0 Å². The molecule has 7 heteroatoms. The molecule has 4 heterocycles. The average Bonchev–Trinajstić information content (AvgIpc) is 3.99. The van der Waals surface area contributed by atoms with Crippen molar-refractivity contribution in [2.75, 3.05) is 0 Å². The summed E-state index contributed by atoms with van der Waals surface area (Å²) in [5.41, 5.74) is 9.90. The maximum Gasteiger partial charge on any atom is 0.227 e. The van der Waals surface area contributed by atoms with Crippen LogP contribution in [0.25, 0.3) is 117 Å². The van der Waals surface area contributed by atoms with Gasteiger partial charge in [0.2, 0.25) is 5.89 Å². The average molecular weight is 732 g/mol. The first-order valence-electron chi connectivity index (χ1n) is 18.9. The second-order valence-corrected chi connectivity index (χ2v) is 14.2. The van der Waals surface area contributed by atoms with Crippen molar-refractivity contribution in [2.24, 2.45) is 0 Å². The maximum absolute atomic E-state index is 6.70. The van der Waals surface area contributed by atoms with Crippen molar-refractivity contribution in [3.8, 4) is 51.3 Å². The number of para-hydroxylation sites is 2. The van der Waals surface area contributed by atoms with Crippen molar-refractivity contribution in [1.29, 1.82) is 0 Å². The summed E-state index contributed by atoms with van der Waals surface area (Å²) >= 11 is 0. The lowest BCUT2D eigenvalue weighted by atomic mass is 10.0. The summed E-state index contributed by atoms with van der Waals surface area (Å²) in [7, 11) is 0. The van der Waals surface area contributed by atoms with Gasteiger partial charge < -0.3 is 13.4 Å². The summed E-state index contributed by atoms with van der Waals surface area (Å²) < 4.78 is 15.3. The van der Waals surface area contributed by atoms with Crippen LogP contribution in [0.2, 0.25) is 0 Å². The Morgan fingerprint density at radius 1 is 0.386 bits per heavy atom. The fraction of sp³-hybridized carbons (Fsp3) is 0. The van der Waals surface area contributed by atoms with Gasteiger partial charge in [-0.25, -0.2) is 19.9 Å². The van der Waals surface area contributed by atoms with Gasteiger partial charge >= 0.3 is 0 Å². The second-order valence-electron chi connectivity index (χ2n) is 14.2. The number of aromatic nitrogens is 5. The van der Waals surface area contributed by atoms with Crippen LogP contribution in [0, 0.1) is 0 Å².